The van der Waals surface area contributed by atoms with E-state index < -0.39 is 0 Å². The Hall–Kier alpha value is -2.73. The van der Waals surface area contributed by atoms with E-state index in [4.69, 9.17) is 4.98 Å². The van der Waals surface area contributed by atoms with Gasteiger partial charge in [-0.1, -0.05) is 65.2 Å². The maximum atomic E-state index is 13.1. The first-order valence-electron chi connectivity index (χ1n) is 9.92. The predicted molar refractivity (Wildman–Crippen MR) is 120 cm³/mol. The first kappa shape index (κ1) is 18.3. The van der Waals surface area contributed by atoms with Crippen molar-refractivity contribution in [2.24, 2.45) is 5.10 Å². The van der Waals surface area contributed by atoms with Crippen molar-refractivity contribution in [1.29, 1.82) is 0 Å². The van der Waals surface area contributed by atoms with E-state index in [1.54, 1.807) is 6.21 Å². The summed E-state index contributed by atoms with van der Waals surface area (Å²) in [7, 11) is 0. The molecule has 146 valence electrons. The summed E-state index contributed by atoms with van der Waals surface area (Å²) in [6.07, 6.45) is 7.06. The average molecular weight is 449 g/mol. The molecule has 0 unspecified atom stereocenters. The van der Waals surface area contributed by atoms with Crippen LogP contribution in [0.1, 0.15) is 42.4 Å². The van der Waals surface area contributed by atoms with Crippen molar-refractivity contribution in [1.82, 2.24) is 9.97 Å². The van der Waals surface area contributed by atoms with E-state index >= 15 is 0 Å². The number of hydrogen-bond acceptors (Lipinski definition) is 4. The number of halogens is 1. The summed E-state index contributed by atoms with van der Waals surface area (Å²) >= 11 is 3.42. The molecule has 5 nitrogen and oxygen atoms in total. The summed E-state index contributed by atoms with van der Waals surface area (Å²) in [5.41, 5.74) is 7.73. The quantitative estimate of drug-likeness (QED) is 0.436. The van der Waals surface area contributed by atoms with E-state index in [-0.39, 0.29) is 11.0 Å². The van der Waals surface area contributed by atoms with Crippen molar-refractivity contribution in [3.8, 4) is 11.3 Å². The molecule has 1 saturated carbocycles. The van der Waals surface area contributed by atoms with Crippen LogP contribution < -0.4 is 11.0 Å². The van der Waals surface area contributed by atoms with E-state index in [1.165, 1.54) is 18.4 Å². The van der Waals surface area contributed by atoms with Crippen LogP contribution in [-0.4, -0.2) is 16.2 Å². The smallest absolute Gasteiger partial charge is 0.256 e. The van der Waals surface area contributed by atoms with Gasteiger partial charge in [0, 0.05) is 15.5 Å². The molecule has 3 aromatic rings. The summed E-state index contributed by atoms with van der Waals surface area (Å²) in [6, 6.07) is 16.1. The van der Waals surface area contributed by atoms with Gasteiger partial charge in [-0.25, -0.2) is 10.4 Å². The molecule has 0 atom stereocenters. The standard InChI is InChI=1S/C23H21BrN4O/c24-17-9-7-15(8-10-17)14-25-28-22-26-20-18-6-2-1-5-16(18)13-23(11-3-4-12-23)19(20)21(29)27-22/h1-2,5-10,14H,3-4,11-13H2,(H2,26,27,28,29)/b25-14+. The molecule has 6 heteroatoms. The molecule has 0 bridgehead atoms. The summed E-state index contributed by atoms with van der Waals surface area (Å²) < 4.78 is 1.02. The highest BCUT2D eigenvalue weighted by atomic mass is 79.9. The molecule has 2 aromatic carbocycles. The monoisotopic (exact) mass is 448 g/mol. The van der Waals surface area contributed by atoms with E-state index in [9.17, 15) is 4.79 Å². The van der Waals surface area contributed by atoms with Gasteiger partial charge >= 0.3 is 0 Å². The normalized spacial score (nSPS) is 16.7. The molecule has 0 amide bonds. The van der Waals surface area contributed by atoms with Crippen LogP contribution in [0.15, 0.2) is 62.9 Å². The number of aromatic nitrogens is 2. The number of hydrogen-bond donors (Lipinski definition) is 2. The van der Waals surface area contributed by atoms with Crippen LogP contribution in [0.4, 0.5) is 5.95 Å². The minimum atomic E-state index is -0.0799. The summed E-state index contributed by atoms with van der Waals surface area (Å²) in [5, 5.41) is 4.25. The lowest BCUT2D eigenvalue weighted by atomic mass is 9.68. The molecular formula is C23H21BrN4O. The first-order chi connectivity index (χ1) is 14.1. The van der Waals surface area contributed by atoms with Crippen LogP contribution in [0.25, 0.3) is 11.3 Å². The lowest BCUT2D eigenvalue weighted by Gasteiger charge is -2.35. The van der Waals surface area contributed by atoms with Gasteiger partial charge in [-0.3, -0.25) is 9.78 Å². The van der Waals surface area contributed by atoms with Gasteiger partial charge in [0.2, 0.25) is 5.95 Å². The van der Waals surface area contributed by atoms with Crippen LogP contribution in [0.3, 0.4) is 0 Å². The molecule has 5 rings (SSSR count). The number of nitrogens with one attached hydrogen (secondary N) is 2. The van der Waals surface area contributed by atoms with Crippen molar-refractivity contribution in [2.75, 3.05) is 5.43 Å². The first-order valence-corrected chi connectivity index (χ1v) is 10.7. The third-order valence-corrected chi connectivity index (χ3v) is 6.59. The lowest BCUT2D eigenvalue weighted by Crippen LogP contribution is -2.37. The highest BCUT2D eigenvalue weighted by Crippen LogP contribution is 2.49. The van der Waals surface area contributed by atoms with Gasteiger partial charge in [-0.05, 0) is 42.5 Å². The predicted octanol–water partition coefficient (Wildman–Crippen LogP) is 5.01. The highest BCUT2D eigenvalue weighted by Gasteiger charge is 2.43. The summed E-state index contributed by atoms with van der Waals surface area (Å²) in [5.74, 6) is 0.368. The fourth-order valence-electron chi connectivity index (χ4n) is 4.77. The topological polar surface area (TPSA) is 70.1 Å². The summed E-state index contributed by atoms with van der Waals surface area (Å²) in [4.78, 5) is 20.8. The Balaban J connectivity index is 1.53. The van der Waals surface area contributed by atoms with Gasteiger partial charge in [0.05, 0.1) is 17.5 Å². The molecule has 1 heterocycles. The lowest BCUT2D eigenvalue weighted by molar-refractivity contribution is 0.427. The van der Waals surface area contributed by atoms with Gasteiger partial charge in [-0.15, -0.1) is 0 Å². The third kappa shape index (κ3) is 3.31. The minimum Gasteiger partial charge on any atom is -0.291 e. The number of fused-ring (bicyclic) bond motifs is 4. The van der Waals surface area contributed by atoms with Crippen LogP contribution in [0.5, 0.6) is 0 Å². The van der Waals surface area contributed by atoms with Crippen molar-refractivity contribution in [3.63, 3.8) is 0 Å². The van der Waals surface area contributed by atoms with Crippen molar-refractivity contribution in [2.45, 2.75) is 37.5 Å². The molecule has 2 aliphatic carbocycles. The zero-order chi connectivity index (χ0) is 19.8. The number of benzene rings is 2. The molecule has 2 aliphatic rings. The van der Waals surface area contributed by atoms with E-state index in [0.29, 0.717) is 5.95 Å². The largest absolute Gasteiger partial charge is 0.291 e. The SMILES string of the molecule is O=c1[nH]c(N/N=C/c2ccc(Br)cc2)nc2c1C1(CCCC1)Cc1ccccc1-2. The van der Waals surface area contributed by atoms with Crippen LogP contribution in [-0.2, 0) is 11.8 Å². The number of aromatic amines is 1. The molecule has 0 aliphatic heterocycles. The maximum Gasteiger partial charge on any atom is 0.256 e. The zero-order valence-electron chi connectivity index (χ0n) is 15.9. The number of anilines is 1. The van der Waals surface area contributed by atoms with Gasteiger partial charge < -0.3 is 0 Å². The molecule has 1 fully saturated rings. The molecule has 2 N–H and O–H groups in total. The van der Waals surface area contributed by atoms with E-state index in [2.05, 4.69) is 49.6 Å². The van der Waals surface area contributed by atoms with Crippen LogP contribution in [0, 0.1) is 0 Å². The Bertz CT molecular complexity index is 1140. The molecule has 1 spiro atoms. The average Bonchev–Trinajstić information content (AvgIpc) is 3.18. The van der Waals surface area contributed by atoms with Crippen molar-refractivity contribution < 1.29 is 0 Å². The Morgan fingerprint density at radius 1 is 1.10 bits per heavy atom. The molecular weight excluding hydrogens is 428 g/mol. The molecule has 29 heavy (non-hydrogen) atoms. The highest BCUT2D eigenvalue weighted by molar-refractivity contribution is 9.10. The number of H-pyrrole nitrogens is 1. The van der Waals surface area contributed by atoms with Gasteiger partial charge in [0.15, 0.2) is 0 Å². The zero-order valence-corrected chi connectivity index (χ0v) is 17.5. The molecule has 0 radical (unpaired) electrons. The van der Waals surface area contributed by atoms with Crippen molar-refractivity contribution in [3.05, 3.63) is 80.0 Å². The van der Waals surface area contributed by atoms with Crippen molar-refractivity contribution >= 4 is 28.1 Å². The van der Waals surface area contributed by atoms with Crippen LogP contribution >= 0.6 is 15.9 Å². The van der Waals surface area contributed by atoms with Gasteiger partial charge in [0.1, 0.15) is 0 Å². The van der Waals surface area contributed by atoms with E-state index in [1.807, 2.05) is 30.3 Å². The Morgan fingerprint density at radius 3 is 2.66 bits per heavy atom. The second kappa shape index (κ2) is 7.26. The van der Waals surface area contributed by atoms with Gasteiger partial charge in [0.25, 0.3) is 5.56 Å². The Labute approximate surface area is 177 Å². The second-order valence-electron chi connectivity index (χ2n) is 7.88. The third-order valence-electron chi connectivity index (χ3n) is 6.07. The number of hydrazone groups is 1. The number of nitrogens with zero attached hydrogens (tertiary/aromatic N) is 2. The molecule has 1 aromatic heterocycles. The fourth-order valence-corrected chi connectivity index (χ4v) is 5.03. The maximum absolute atomic E-state index is 13.1. The number of rotatable bonds is 3. The summed E-state index contributed by atoms with van der Waals surface area (Å²) in [6.45, 7) is 0. The fraction of sp³-hybridized carbons (Fsp3) is 0.261. The molecule has 0 saturated heterocycles. The minimum absolute atomic E-state index is 0.0484. The van der Waals surface area contributed by atoms with Gasteiger partial charge in [-0.2, -0.15) is 5.10 Å². The Morgan fingerprint density at radius 2 is 1.86 bits per heavy atom. The van der Waals surface area contributed by atoms with Crippen LogP contribution in [0.2, 0.25) is 0 Å². The Kier molecular flexibility index (Phi) is 4.59. The second-order valence-corrected chi connectivity index (χ2v) is 8.80. The van der Waals surface area contributed by atoms with E-state index in [0.717, 1.165) is 46.1 Å².